The number of hydrogen-bond acceptors (Lipinski definition) is 3. The highest BCUT2D eigenvalue weighted by Crippen LogP contribution is 2.46. The molecule has 0 bridgehead atoms. The minimum atomic E-state index is -4.27. The van der Waals surface area contributed by atoms with Gasteiger partial charge in [0, 0.05) is 6.54 Å². The van der Waals surface area contributed by atoms with Crippen LogP contribution in [0.3, 0.4) is 0 Å². The van der Waals surface area contributed by atoms with Crippen LogP contribution in [0.2, 0.25) is 0 Å². The molecule has 1 amide bonds. The number of rotatable bonds is 3. The second-order valence-corrected chi connectivity index (χ2v) is 9.50. The number of alkyl halides is 3. The summed E-state index contributed by atoms with van der Waals surface area (Å²) in [4.78, 5) is 11.8. The summed E-state index contributed by atoms with van der Waals surface area (Å²) in [6.45, 7) is 0.278. The van der Waals surface area contributed by atoms with Crippen LogP contribution >= 0.6 is 0 Å². The molecule has 2 aliphatic carbocycles. The molecule has 24 heavy (non-hydrogen) atoms. The Bertz CT molecular complexity index is 600. The van der Waals surface area contributed by atoms with Crippen molar-refractivity contribution in [1.82, 2.24) is 4.31 Å². The predicted octanol–water partition coefficient (Wildman–Crippen LogP) is 2.02. The van der Waals surface area contributed by atoms with Gasteiger partial charge in [-0.1, -0.05) is 6.42 Å². The van der Waals surface area contributed by atoms with Crippen LogP contribution in [0.4, 0.5) is 13.2 Å². The topological polar surface area (TPSA) is 80.5 Å². The van der Waals surface area contributed by atoms with E-state index < -0.39 is 39.3 Å². The molecule has 0 aromatic carbocycles. The number of carbonyl (C=O) groups is 1. The Morgan fingerprint density at radius 2 is 1.67 bits per heavy atom. The van der Waals surface area contributed by atoms with Crippen molar-refractivity contribution in [3.05, 3.63) is 0 Å². The van der Waals surface area contributed by atoms with E-state index in [4.69, 9.17) is 5.73 Å². The van der Waals surface area contributed by atoms with Gasteiger partial charge in [-0.25, -0.2) is 8.42 Å². The van der Waals surface area contributed by atoms with Crippen molar-refractivity contribution in [2.75, 3.05) is 6.54 Å². The van der Waals surface area contributed by atoms with Gasteiger partial charge in [0.15, 0.2) is 0 Å². The van der Waals surface area contributed by atoms with E-state index in [2.05, 4.69) is 0 Å². The van der Waals surface area contributed by atoms with Crippen molar-refractivity contribution in [3.8, 4) is 0 Å². The van der Waals surface area contributed by atoms with Gasteiger partial charge >= 0.3 is 6.18 Å². The average Bonchev–Trinajstić information content (AvgIpc) is 3.06. The Labute approximate surface area is 139 Å². The molecule has 0 spiro atoms. The lowest BCUT2D eigenvalue weighted by Gasteiger charge is -2.33. The third-order valence-electron chi connectivity index (χ3n) is 6.02. The van der Waals surface area contributed by atoms with Gasteiger partial charge < -0.3 is 5.73 Å². The minimum absolute atomic E-state index is 0.0101. The molecule has 0 radical (unpaired) electrons. The van der Waals surface area contributed by atoms with Crippen molar-refractivity contribution in [3.63, 3.8) is 0 Å². The SMILES string of the molecule is NC(=O)[C@@H]1[C@H]2CCC[C@H]2CN1S(=O)(=O)C1CCC(C(F)(F)F)CC1. The van der Waals surface area contributed by atoms with Crippen molar-refractivity contribution < 1.29 is 26.4 Å². The van der Waals surface area contributed by atoms with Crippen LogP contribution in [0.25, 0.3) is 0 Å². The van der Waals surface area contributed by atoms with Crippen LogP contribution in [0.15, 0.2) is 0 Å². The van der Waals surface area contributed by atoms with Gasteiger partial charge in [0.25, 0.3) is 0 Å². The highest BCUT2D eigenvalue weighted by molar-refractivity contribution is 7.89. The molecule has 138 valence electrons. The molecule has 9 heteroatoms. The van der Waals surface area contributed by atoms with E-state index in [1.165, 1.54) is 4.31 Å². The van der Waals surface area contributed by atoms with Crippen molar-refractivity contribution in [2.45, 2.75) is 62.4 Å². The fourth-order valence-electron chi connectivity index (χ4n) is 4.76. The van der Waals surface area contributed by atoms with Crippen molar-refractivity contribution >= 4 is 15.9 Å². The summed E-state index contributed by atoms with van der Waals surface area (Å²) in [5.74, 6) is -1.96. The molecule has 3 aliphatic rings. The van der Waals surface area contributed by atoms with Crippen molar-refractivity contribution in [1.29, 1.82) is 0 Å². The number of nitrogens with zero attached hydrogens (tertiary/aromatic N) is 1. The molecule has 1 saturated heterocycles. The molecule has 0 unspecified atom stereocenters. The molecule has 2 N–H and O–H groups in total. The largest absolute Gasteiger partial charge is 0.391 e. The molecular formula is C15H23F3N2O3S. The monoisotopic (exact) mass is 368 g/mol. The zero-order chi connectivity index (χ0) is 17.7. The van der Waals surface area contributed by atoms with E-state index >= 15 is 0 Å². The van der Waals surface area contributed by atoms with E-state index in [0.717, 1.165) is 19.3 Å². The predicted molar refractivity (Wildman–Crippen MR) is 81.2 cm³/mol. The van der Waals surface area contributed by atoms with E-state index in [1.54, 1.807) is 0 Å². The summed E-state index contributed by atoms with van der Waals surface area (Å²) in [5, 5.41) is -0.836. The van der Waals surface area contributed by atoms with Gasteiger partial charge in [0.05, 0.1) is 11.2 Å². The Morgan fingerprint density at radius 1 is 1.04 bits per heavy atom. The van der Waals surface area contributed by atoms with Gasteiger partial charge in [-0.05, 0) is 50.4 Å². The Hall–Kier alpha value is -0.830. The first-order chi connectivity index (χ1) is 11.1. The number of sulfonamides is 1. The Balaban J connectivity index is 1.75. The van der Waals surface area contributed by atoms with E-state index in [0.29, 0.717) is 0 Å². The molecule has 1 heterocycles. The summed E-state index contributed by atoms with van der Waals surface area (Å²) in [6.07, 6.45) is -2.01. The quantitative estimate of drug-likeness (QED) is 0.828. The molecule has 5 nitrogen and oxygen atoms in total. The molecule has 3 rings (SSSR count). The summed E-state index contributed by atoms with van der Waals surface area (Å²) in [7, 11) is -3.80. The normalized spacial score (nSPS) is 38.2. The average molecular weight is 368 g/mol. The summed E-state index contributed by atoms with van der Waals surface area (Å²) >= 11 is 0. The lowest BCUT2D eigenvalue weighted by molar-refractivity contribution is -0.181. The Kier molecular flexibility index (Phi) is 4.61. The highest BCUT2D eigenvalue weighted by Gasteiger charge is 2.53. The zero-order valence-corrected chi connectivity index (χ0v) is 14.2. The van der Waals surface area contributed by atoms with Gasteiger partial charge in [0.1, 0.15) is 6.04 Å². The number of fused-ring (bicyclic) bond motifs is 1. The van der Waals surface area contributed by atoms with Gasteiger partial charge in [-0.15, -0.1) is 0 Å². The first kappa shape index (κ1) is 18.0. The highest BCUT2D eigenvalue weighted by atomic mass is 32.2. The first-order valence-corrected chi connectivity index (χ1v) is 9.99. The molecule has 3 atom stereocenters. The number of carbonyl (C=O) groups excluding carboxylic acids is 1. The van der Waals surface area contributed by atoms with Crippen molar-refractivity contribution in [2.24, 2.45) is 23.5 Å². The second-order valence-electron chi connectivity index (χ2n) is 7.33. The van der Waals surface area contributed by atoms with Crippen LogP contribution in [0.5, 0.6) is 0 Å². The summed E-state index contributed by atoms with van der Waals surface area (Å²) in [5.41, 5.74) is 5.46. The maximum Gasteiger partial charge on any atom is 0.391 e. The molecule has 1 aliphatic heterocycles. The van der Waals surface area contributed by atoms with Gasteiger partial charge in [0.2, 0.25) is 15.9 Å². The molecular weight excluding hydrogens is 345 g/mol. The number of hydrogen-bond donors (Lipinski definition) is 1. The van der Waals surface area contributed by atoms with Crippen LogP contribution < -0.4 is 5.73 Å². The first-order valence-electron chi connectivity index (χ1n) is 8.49. The fraction of sp³-hybridized carbons (Fsp3) is 0.933. The Morgan fingerprint density at radius 3 is 2.21 bits per heavy atom. The lowest BCUT2D eigenvalue weighted by Crippen LogP contribution is -2.50. The standard InChI is InChI=1S/C15H23F3N2O3S/c16-15(17,18)10-4-6-11(7-5-10)24(22,23)20-8-9-2-1-3-12(9)13(20)14(19)21/h9-13H,1-8H2,(H2,19,21)/t9-,10?,11?,12-,13-/m0/s1. The maximum atomic E-state index is 12.9. The number of primary amides is 1. The van der Waals surface area contributed by atoms with Crippen LogP contribution in [0.1, 0.15) is 44.9 Å². The van der Waals surface area contributed by atoms with Gasteiger partial charge in [-0.3, -0.25) is 4.79 Å². The molecule has 3 fully saturated rings. The van der Waals surface area contributed by atoms with Crippen LogP contribution in [-0.2, 0) is 14.8 Å². The smallest absolute Gasteiger partial charge is 0.368 e. The summed E-state index contributed by atoms with van der Waals surface area (Å²) in [6, 6.07) is -0.831. The fourth-order valence-corrected chi connectivity index (χ4v) is 6.99. The maximum absolute atomic E-state index is 12.9. The second kappa shape index (κ2) is 6.16. The number of nitrogens with two attached hydrogens (primary N) is 1. The molecule has 2 saturated carbocycles. The molecule has 0 aromatic heterocycles. The third kappa shape index (κ3) is 3.05. The molecule has 0 aromatic rings. The minimum Gasteiger partial charge on any atom is -0.368 e. The van der Waals surface area contributed by atoms with E-state index in [1.807, 2.05) is 0 Å². The van der Waals surface area contributed by atoms with Crippen LogP contribution in [-0.4, -0.2) is 42.6 Å². The van der Waals surface area contributed by atoms with Gasteiger partial charge in [-0.2, -0.15) is 17.5 Å². The lowest BCUT2D eigenvalue weighted by atomic mass is 9.88. The van der Waals surface area contributed by atoms with E-state index in [-0.39, 0.29) is 44.1 Å². The third-order valence-corrected chi connectivity index (χ3v) is 8.37. The number of amides is 1. The zero-order valence-electron chi connectivity index (χ0n) is 13.3. The van der Waals surface area contributed by atoms with Crippen LogP contribution in [0, 0.1) is 17.8 Å². The summed E-state index contributed by atoms with van der Waals surface area (Å²) < 4.78 is 65.4. The number of halogens is 3. The van der Waals surface area contributed by atoms with E-state index in [9.17, 15) is 26.4 Å².